The Hall–Kier alpha value is -1.71. The fraction of sp³-hybridized carbons (Fsp3) is 0.417. The highest BCUT2D eigenvalue weighted by Crippen LogP contribution is 2.22. The number of carboxylic acids is 1. The first-order chi connectivity index (χ1) is 7.66. The Bertz CT molecular complexity index is 364. The van der Waals surface area contributed by atoms with Crippen molar-refractivity contribution >= 4 is 17.3 Å². The summed E-state index contributed by atoms with van der Waals surface area (Å²) in [5, 5.41) is 12.0. The molecular formula is C12H18N2O2. The number of para-hydroxylation sites is 1. The predicted octanol–water partition coefficient (Wildman–Crippen LogP) is 2.57. The minimum absolute atomic E-state index is 0.153. The molecular weight excluding hydrogens is 204 g/mol. The van der Waals surface area contributed by atoms with E-state index in [-0.39, 0.29) is 5.56 Å². The van der Waals surface area contributed by atoms with Crippen molar-refractivity contribution in [2.24, 2.45) is 0 Å². The summed E-state index contributed by atoms with van der Waals surface area (Å²) in [6.07, 6.45) is 3.38. The molecule has 0 atom stereocenters. The molecule has 4 nitrogen and oxygen atoms in total. The number of nitrogens with two attached hydrogens (primary N) is 1. The summed E-state index contributed by atoms with van der Waals surface area (Å²) < 4.78 is 0. The van der Waals surface area contributed by atoms with Crippen LogP contribution in [0.15, 0.2) is 18.2 Å². The van der Waals surface area contributed by atoms with Crippen molar-refractivity contribution in [3.63, 3.8) is 0 Å². The molecule has 88 valence electrons. The standard InChI is InChI=1S/C12H18N2O2/c1-2-3-4-8-14-10-7-5-6-9(11(10)13)12(15)16/h5-7,14H,2-4,8,13H2,1H3,(H,15,16). The third-order valence-corrected chi connectivity index (χ3v) is 2.43. The summed E-state index contributed by atoms with van der Waals surface area (Å²) in [5.74, 6) is -0.991. The summed E-state index contributed by atoms with van der Waals surface area (Å²) in [7, 11) is 0. The van der Waals surface area contributed by atoms with Crippen molar-refractivity contribution < 1.29 is 9.90 Å². The van der Waals surface area contributed by atoms with Gasteiger partial charge in [0, 0.05) is 6.54 Å². The van der Waals surface area contributed by atoms with E-state index < -0.39 is 5.97 Å². The number of aromatic carboxylic acids is 1. The van der Waals surface area contributed by atoms with Crippen LogP contribution >= 0.6 is 0 Å². The maximum Gasteiger partial charge on any atom is 0.337 e. The van der Waals surface area contributed by atoms with E-state index in [0.717, 1.165) is 25.8 Å². The number of carbonyl (C=O) groups is 1. The van der Waals surface area contributed by atoms with Crippen LogP contribution in [0, 0.1) is 0 Å². The Morgan fingerprint density at radius 2 is 2.19 bits per heavy atom. The van der Waals surface area contributed by atoms with Crippen molar-refractivity contribution in [1.29, 1.82) is 0 Å². The lowest BCUT2D eigenvalue weighted by Gasteiger charge is -2.10. The average molecular weight is 222 g/mol. The number of hydrogen-bond acceptors (Lipinski definition) is 3. The number of anilines is 2. The van der Waals surface area contributed by atoms with E-state index in [2.05, 4.69) is 12.2 Å². The summed E-state index contributed by atoms with van der Waals surface area (Å²) in [6.45, 7) is 2.96. The van der Waals surface area contributed by atoms with Crippen LogP contribution in [-0.4, -0.2) is 17.6 Å². The number of benzene rings is 1. The van der Waals surface area contributed by atoms with Gasteiger partial charge in [-0.2, -0.15) is 0 Å². The normalized spacial score (nSPS) is 10.1. The van der Waals surface area contributed by atoms with Crippen molar-refractivity contribution in [3.8, 4) is 0 Å². The number of hydrogen-bond donors (Lipinski definition) is 3. The molecule has 0 saturated carbocycles. The fourth-order valence-electron chi connectivity index (χ4n) is 1.50. The van der Waals surface area contributed by atoms with E-state index in [1.165, 1.54) is 6.07 Å². The first-order valence-corrected chi connectivity index (χ1v) is 5.52. The van der Waals surface area contributed by atoms with Crippen LogP contribution in [-0.2, 0) is 0 Å². The number of nitrogens with one attached hydrogen (secondary N) is 1. The topological polar surface area (TPSA) is 75.3 Å². The van der Waals surface area contributed by atoms with Gasteiger partial charge in [0.1, 0.15) is 0 Å². The van der Waals surface area contributed by atoms with Crippen molar-refractivity contribution in [2.75, 3.05) is 17.6 Å². The van der Waals surface area contributed by atoms with Crippen molar-refractivity contribution in [2.45, 2.75) is 26.2 Å². The number of nitrogen functional groups attached to an aromatic ring is 1. The molecule has 0 aromatic heterocycles. The molecule has 0 amide bonds. The number of rotatable bonds is 6. The molecule has 1 rings (SSSR count). The maximum atomic E-state index is 10.8. The van der Waals surface area contributed by atoms with Gasteiger partial charge in [0.2, 0.25) is 0 Å². The molecule has 0 bridgehead atoms. The van der Waals surface area contributed by atoms with Gasteiger partial charge in [-0.3, -0.25) is 0 Å². The zero-order valence-electron chi connectivity index (χ0n) is 9.49. The molecule has 0 aliphatic rings. The van der Waals surface area contributed by atoms with Gasteiger partial charge in [-0.1, -0.05) is 25.8 Å². The van der Waals surface area contributed by atoms with Gasteiger partial charge in [-0.05, 0) is 18.6 Å². The lowest BCUT2D eigenvalue weighted by Crippen LogP contribution is -2.08. The molecule has 0 heterocycles. The summed E-state index contributed by atoms with van der Waals surface area (Å²) in [4.78, 5) is 10.8. The lowest BCUT2D eigenvalue weighted by atomic mass is 10.1. The molecule has 0 spiro atoms. The summed E-state index contributed by atoms with van der Waals surface area (Å²) in [5.41, 5.74) is 6.93. The van der Waals surface area contributed by atoms with Crippen LogP contribution in [0.25, 0.3) is 0 Å². The van der Waals surface area contributed by atoms with Gasteiger partial charge in [0.15, 0.2) is 0 Å². The molecule has 1 aromatic carbocycles. The molecule has 0 radical (unpaired) electrons. The highest BCUT2D eigenvalue weighted by Gasteiger charge is 2.10. The quantitative estimate of drug-likeness (QED) is 0.510. The molecule has 0 fully saturated rings. The molecule has 4 heteroatoms. The third kappa shape index (κ3) is 3.15. The van der Waals surface area contributed by atoms with Crippen molar-refractivity contribution in [1.82, 2.24) is 0 Å². The average Bonchev–Trinajstić information content (AvgIpc) is 2.26. The number of unbranched alkanes of at least 4 members (excludes halogenated alkanes) is 2. The lowest BCUT2D eigenvalue weighted by molar-refractivity contribution is 0.0698. The monoisotopic (exact) mass is 222 g/mol. The smallest absolute Gasteiger partial charge is 0.337 e. The predicted molar refractivity (Wildman–Crippen MR) is 65.8 cm³/mol. The summed E-state index contributed by atoms with van der Waals surface area (Å²) >= 11 is 0. The highest BCUT2D eigenvalue weighted by molar-refractivity contribution is 5.97. The third-order valence-electron chi connectivity index (χ3n) is 2.43. The zero-order chi connectivity index (χ0) is 12.0. The second kappa shape index (κ2) is 6.00. The van der Waals surface area contributed by atoms with Gasteiger partial charge in [0.05, 0.1) is 16.9 Å². The molecule has 1 aromatic rings. The van der Waals surface area contributed by atoms with Crippen LogP contribution < -0.4 is 11.1 Å². The van der Waals surface area contributed by atoms with Crippen LogP contribution in [0.4, 0.5) is 11.4 Å². The van der Waals surface area contributed by atoms with Crippen LogP contribution in [0.2, 0.25) is 0 Å². The van der Waals surface area contributed by atoms with Gasteiger partial charge >= 0.3 is 5.97 Å². The second-order valence-electron chi connectivity index (χ2n) is 3.71. The Morgan fingerprint density at radius 1 is 1.44 bits per heavy atom. The first-order valence-electron chi connectivity index (χ1n) is 5.52. The molecule has 4 N–H and O–H groups in total. The van der Waals surface area contributed by atoms with E-state index in [1.54, 1.807) is 12.1 Å². The van der Waals surface area contributed by atoms with E-state index in [4.69, 9.17) is 10.8 Å². The SMILES string of the molecule is CCCCCNc1cccc(C(=O)O)c1N. The molecule has 0 saturated heterocycles. The Balaban J connectivity index is 2.66. The fourth-order valence-corrected chi connectivity index (χ4v) is 1.50. The largest absolute Gasteiger partial charge is 0.478 e. The van der Waals surface area contributed by atoms with E-state index in [9.17, 15) is 4.79 Å². The van der Waals surface area contributed by atoms with Crippen LogP contribution in [0.1, 0.15) is 36.5 Å². The maximum absolute atomic E-state index is 10.8. The minimum Gasteiger partial charge on any atom is -0.478 e. The Labute approximate surface area is 95.5 Å². The van der Waals surface area contributed by atoms with Crippen molar-refractivity contribution in [3.05, 3.63) is 23.8 Å². The minimum atomic E-state index is -0.991. The molecule has 0 aliphatic carbocycles. The molecule has 0 aliphatic heterocycles. The molecule has 0 unspecified atom stereocenters. The first kappa shape index (κ1) is 12.4. The van der Waals surface area contributed by atoms with Gasteiger partial charge in [-0.25, -0.2) is 4.79 Å². The van der Waals surface area contributed by atoms with E-state index >= 15 is 0 Å². The second-order valence-corrected chi connectivity index (χ2v) is 3.71. The van der Waals surface area contributed by atoms with Gasteiger partial charge in [0.25, 0.3) is 0 Å². The van der Waals surface area contributed by atoms with Crippen LogP contribution in [0.5, 0.6) is 0 Å². The Morgan fingerprint density at radius 3 is 2.81 bits per heavy atom. The zero-order valence-corrected chi connectivity index (χ0v) is 9.49. The van der Waals surface area contributed by atoms with Gasteiger partial charge in [-0.15, -0.1) is 0 Å². The van der Waals surface area contributed by atoms with Crippen LogP contribution in [0.3, 0.4) is 0 Å². The summed E-state index contributed by atoms with van der Waals surface area (Å²) in [6, 6.07) is 5.00. The van der Waals surface area contributed by atoms with Gasteiger partial charge < -0.3 is 16.2 Å². The highest BCUT2D eigenvalue weighted by atomic mass is 16.4. The van der Waals surface area contributed by atoms with E-state index in [0.29, 0.717) is 11.4 Å². The Kier molecular flexibility index (Phi) is 4.64. The van der Waals surface area contributed by atoms with E-state index in [1.807, 2.05) is 0 Å². The number of carboxylic acid groups (broad SMARTS) is 1. The molecule has 16 heavy (non-hydrogen) atoms.